The van der Waals surface area contributed by atoms with E-state index in [1.165, 1.54) is 11.3 Å². The zero-order valence-electron chi connectivity index (χ0n) is 6.75. The summed E-state index contributed by atoms with van der Waals surface area (Å²) in [6.45, 7) is 0.792. The molecule has 3 nitrogen and oxygen atoms in total. The summed E-state index contributed by atoms with van der Waals surface area (Å²) in [5.41, 5.74) is 8.22. The van der Waals surface area contributed by atoms with Gasteiger partial charge in [0.1, 0.15) is 0 Å². The molecule has 1 atom stereocenters. The summed E-state index contributed by atoms with van der Waals surface area (Å²) in [5, 5.41) is 4.35. The van der Waals surface area contributed by atoms with Gasteiger partial charge in [0.25, 0.3) is 0 Å². The molecule has 0 amide bonds. The lowest BCUT2D eigenvalue weighted by Crippen LogP contribution is -2.14. The van der Waals surface area contributed by atoms with Crippen LogP contribution < -0.4 is 5.73 Å². The van der Waals surface area contributed by atoms with Crippen molar-refractivity contribution in [3.63, 3.8) is 0 Å². The maximum atomic E-state index is 5.58. The molecule has 1 aromatic rings. The Bertz CT molecular complexity index is 241. The van der Waals surface area contributed by atoms with Crippen LogP contribution in [-0.4, -0.2) is 16.3 Å². The third kappa shape index (κ3) is 1.05. The predicted octanol–water partition coefficient (Wildman–Crippen LogP) is 0.0936. The van der Waals surface area contributed by atoms with Crippen LogP contribution in [0.4, 0.5) is 0 Å². The first-order valence-electron chi connectivity index (χ1n) is 4.01. The van der Waals surface area contributed by atoms with Crippen LogP contribution in [0.5, 0.6) is 0 Å². The quantitative estimate of drug-likeness (QED) is 0.618. The molecule has 60 valence electrons. The van der Waals surface area contributed by atoms with E-state index in [2.05, 4.69) is 11.3 Å². The first-order valence-corrected chi connectivity index (χ1v) is 4.01. The minimum absolute atomic E-state index is 0.647. The van der Waals surface area contributed by atoms with Crippen LogP contribution in [0.25, 0.3) is 0 Å². The first-order chi connectivity index (χ1) is 5.29. The Kier molecular flexibility index (Phi) is 1.46. The average Bonchev–Trinajstić information content (AvgIpc) is 2.43. The molecule has 2 rings (SSSR count). The molecule has 0 saturated heterocycles. The van der Waals surface area contributed by atoms with Crippen LogP contribution in [0.1, 0.15) is 11.3 Å². The Balaban J connectivity index is 2.23. The number of nitrogens with zero attached hydrogens (tertiary/aromatic N) is 2. The van der Waals surface area contributed by atoms with E-state index in [0.29, 0.717) is 5.92 Å². The van der Waals surface area contributed by atoms with E-state index in [1.54, 1.807) is 0 Å². The topological polar surface area (TPSA) is 43.8 Å². The Labute approximate surface area is 66.2 Å². The van der Waals surface area contributed by atoms with Crippen molar-refractivity contribution in [2.45, 2.75) is 12.8 Å². The van der Waals surface area contributed by atoms with Crippen LogP contribution in [-0.2, 0) is 19.9 Å². The minimum atomic E-state index is 0.647. The first kappa shape index (κ1) is 6.85. The van der Waals surface area contributed by atoms with Gasteiger partial charge < -0.3 is 5.73 Å². The molecule has 0 fully saturated rings. The predicted molar refractivity (Wildman–Crippen MR) is 43.2 cm³/mol. The molecule has 0 spiro atoms. The highest BCUT2D eigenvalue weighted by atomic mass is 15.3. The van der Waals surface area contributed by atoms with E-state index in [-0.39, 0.29) is 0 Å². The van der Waals surface area contributed by atoms with Gasteiger partial charge in [0, 0.05) is 13.2 Å². The summed E-state index contributed by atoms with van der Waals surface area (Å²) in [6, 6.07) is 0. The van der Waals surface area contributed by atoms with Gasteiger partial charge in [-0.15, -0.1) is 0 Å². The van der Waals surface area contributed by atoms with E-state index in [1.807, 2.05) is 11.7 Å². The van der Waals surface area contributed by atoms with Gasteiger partial charge >= 0.3 is 0 Å². The van der Waals surface area contributed by atoms with Gasteiger partial charge in [-0.2, -0.15) is 5.10 Å². The van der Waals surface area contributed by atoms with Gasteiger partial charge in [-0.3, -0.25) is 4.68 Å². The van der Waals surface area contributed by atoms with Crippen LogP contribution in [0.15, 0.2) is 6.20 Å². The number of nitrogens with two attached hydrogens (primary N) is 1. The van der Waals surface area contributed by atoms with E-state index in [4.69, 9.17) is 5.73 Å². The van der Waals surface area contributed by atoms with E-state index in [0.717, 1.165) is 19.4 Å². The van der Waals surface area contributed by atoms with Crippen LogP contribution in [0.2, 0.25) is 0 Å². The van der Waals surface area contributed by atoms with Gasteiger partial charge in [-0.25, -0.2) is 0 Å². The zero-order valence-corrected chi connectivity index (χ0v) is 6.75. The molecule has 0 bridgehead atoms. The lowest BCUT2D eigenvalue weighted by atomic mass is 10.1. The van der Waals surface area contributed by atoms with Gasteiger partial charge in [-0.05, 0) is 30.9 Å². The van der Waals surface area contributed by atoms with Crippen molar-refractivity contribution in [2.75, 3.05) is 6.54 Å². The average molecular weight is 151 g/mol. The summed E-state index contributed by atoms with van der Waals surface area (Å²) in [5.74, 6) is 0.647. The third-order valence-electron chi connectivity index (χ3n) is 2.32. The fraction of sp³-hybridized carbons (Fsp3) is 0.625. The molecule has 11 heavy (non-hydrogen) atoms. The Morgan fingerprint density at radius 3 is 3.18 bits per heavy atom. The van der Waals surface area contributed by atoms with Crippen molar-refractivity contribution >= 4 is 0 Å². The number of rotatable bonds is 1. The lowest BCUT2D eigenvalue weighted by Gasteiger charge is -2.02. The van der Waals surface area contributed by atoms with Gasteiger partial charge in [0.15, 0.2) is 0 Å². The third-order valence-corrected chi connectivity index (χ3v) is 2.32. The van der Waals surface area contributed by atoms with E-state index in [9.17, 15) is 0 Å². The number of aromatic nitrogens is 2. The Morgan fingerprint density at radius 1 is 1.73 bits per heavy atom. The molecule has 1 aliphatic rings. The second-order valence-corrected chi connectivity index (χ2v) is 3.28. The Morgan fingerprint density at radius 2 is 2.55 bits per heavy atom. The number of hydrogen-bond donors (Lipinski definition) is 1. The highest BCUT2D eigenvalue weighted by molar-refractivity contribution is 5.23. The SMILES string of the molecule is Cn1cc2c(n1)CC(CN)C2. The van der Waals surface area contributed by atoms with Crippen LogP contribution >= 0.6 is 0 Å². The molecule has 0 saturated carbocycles. The molecular weight excluding hydrogens is 138 g/mol. The van der Waals surface area contributed by atoms with Crippen molar-refractivity contribution in [1.82, 2.24) is 9.78 Å². The van der Waals surface area contributed by atoms with Gasteiger partial charge in [0.05, 0.1) is 5.69 Å². The molecule has 1 unspecified atom stereocenters. The van der Waals surface area contributed by atoms with E-state index < -0.39 is 0 Å². The van der Waals surface area contributed by atoms with Crippen molar-refractivity contribution < 1.29 is 0 Å². The lowest BCUT2D eigenvalue weighted by molar-refractivity contribution is 0.558. The maximum absolute atomic E-state index is 5.58. The van der Waals surface area contributed by atoms with Crippen molar-refractivity contribution in [3.8, 4) is 0 Å². The zero-order chi connectivity index (χ0) is 7.84. The number of hydrogen-bond acceptors (Lipinski definition) is 2. The number of aryl methyl sites for hydroxylation is 1. The maximum Gasteiger partial charge on any atom is 0.0659 e. The molecular formula is C8H13N3. The second-order valence-electron chi connectivity index (χ2n) is 3.28. The molecule has 0 aromatic carbocycles. The minimum Gasteiger partial charge on any atom is -0.330 e. The van der Waals surface area contributed by atoms with Crippen molar-refractivity contribution in [2.24, 2.45) is 18.7 Å². The highest BCUT2D eigenvalue weighted by Crippen LogP contribution is 2.23. The normalized spacial score (nSPS) is 22.2. The van der Waals surface area contributed by atoms with Gasteiger partial charge in [-0.1, -0.05) is 0 Å². The number of fused-ring (bicyclic) bond motifs is 1. The largest absolute Gasteiger partial charge is 0.330 e. The molecule has 2 N–H and O–H groups in total. The fourth-order valence-electron chi connectivity index (χ4n) is 1.75. The molecule has 0 radical (unpaired) electrons. The van der Waals surface area contributed by atoms with Crippen molar-refractivity contribution in [3.05, 3.63) is 17.5 Å². The standard InChI is InChI=1S/C8H13N3/c1-11-5-7-2-6(4-9)3-8(7)10-11/h5-6H,2-4,9H2,1H3. The summed E-state index contributed by atoms with van der Waals surface area (Å²) >= 11 is 0. The second kappa shape index (κ2) is 2.34. The molecule has 1 heterocycles. The smallest absolute Gasteiger partial charge is 0.0659 e. The van der Waals surface area contributed by atoms with Gasteiger partial charge in [0.2, 0.25) is 0 Å². The molecule has 1 aliphatic carbocycles. The summed E-state index contributed by atoms with van der Waals surface area (Å²) in [4.78, 5) is 0. The molecule has 0 aliphatic heterocycles. The van der Waals surface area contributed by atoms with E-state index >= 15 is 0 Å². The summed E-state index contributed by atoms with van der Waals surface area (Å²) < 4.78 is 1.89. The molecule has 3 heteroatoms. The monoisotopic (exact) mass is 151 g/mol. The Hall–Kier alpha value is -0.830. The van der Waals surface area contributed by atoms with Crippen LogP contribution in [0, 0.1) is 5.92 Å². The fourth-order valence-corrected chi connectivity index (χ4v) is 1.75. The summed E-state index contributed by atoms with van der Waals surface area (Å²) in [7, 11) is 1.97. The summed E-state index contributed by atoms with van der Waals surface area (Å²) in [6.07, 6.45) is 4.30. The molecule has 1 aromatic heterocycles. The van der Waals surface area contributed by atoms with Crippen LogP contribution in [0.3, 0.4) is 0 Å². The highest BCUT2D eigenvalue weighted by Gasteiger charge is 2.22. The van der Waals surface area contributed by atoms with Crippen molar-refractivity contribution in [1.29, 1.82) is 0 Å².